The summed E-state index contributed by atoms with van der Waals surface area (Å²) in [6.07, 6.45) is 2.29. The highest BCUT2D eigenvalue weighted by atomic mass is 19.1. The highest BCUT2D eigenvalue weighted by Gasteiger charge is 2.24. The standard InChI is InChI=1S/C24H27FN4O2/c1-27(16-18-6-8-20(25)9-7-18)24(31)17-28-10-12-29(13-11-28)23(30)14-19-15-26-22-5-3-2-4-21(19)22/h2-9,15,26H,10-14,16-17H2,1H3. The number of H-pyrrole nitrogens is 1. The van der Waals surface area contributed by atoms with Gasteiger partial charge >= 0.3 is 0 Å². The number of piperazine rings is 1. The van der Waals surface area contributed by atoms with Gasteiger partial charge in [0.15, 0.2) is 0 Å². The van der Waals surface area contributed by atoms with Crippen LogP contribution in [0.1, 0.15) is 11.1 Å². The van der Waals surface area contributed by atoms with Gasteiger partial charge in [-0.25, -0.2) is 4.39 Å². The lowest BCUT2D eigenvalue weighted by Gasteiger charge is -2.35. The molecule has 31 heavy (non-hydrogen) atoms. The molecule has 0 unspecified atom stereocenters. The van der Waals surface area contributed by atoms with Gasteiger partial charge in [-0.15, -0.1) is 0 Å². The molecule has 0 bridgehead atoms. The number of amides is 2. The number of rotatable bonds is 6. The van der Waals surface area contributed by atoms with Gasteiger partial charge in [-0.05, 0) is 29.3 Å². The van der Waals surface area contributed by atoms with Crippen molar-refractivity contribution < 1.29 is 14.0 Å². The van der Waals surface area contributed by atoms with Gasteiger partial charge in [0.1, 0.15) is 5.82 Å². The zero-order chi connectivity index (χ0) is 21.8. The number of aromatic amines is 1. The van der Waals surface area contributed by atoms with E-state index in [-0.39, 0.29) is 17.6 Å². The Morgan fingerprint density at radius 2 is 1.74 bits per heavy atom. The quantitative estimate of drug-likeness (QED) is 0.665. The molecule has 0 radical (unpaired) electrons. The van der Waals surface area contributed by atoms with Crippen molar-refractivity contribution in [3.05, 3.63) is 71.7 Å². The fourth-order valence-corrected chi connectivity index (χ4v) is 3.97. The van der Waals surface area contributed by atoms with Gasteiger partial charge in [-0.3, -0.25) is 14.5 Å². The Hall–Kier alpha value is -3.19. The third kappa shape index (κ3) is 5.11. The first-order chi connectivity index (χ1) is 15.0. The van der Waals surface area contributed by atoms with Crippen LogP contribution in [0.5, 0.6) is 0 Å². The average molecular weight is 423 g/mol. The maximum Gasteiger partial charge on any atom is 0.236 e. The number of benzene rings is 2. The first kappa shape index (κ1) is 21.1. The summed E-state index contributed by atoms with van der Waals surface area (Å²) in [5.41, 5.74) is 2.95. The number of carbonyl (C=O) groups is 2. The third-order valence-electron chi connectivity index (χ3n) is 5.86. The van der Waals surface area contributed by atoms with Crippen LogP contribution in [-0.2, 0) is 22.6 Å². The summed E-state index contributed by atoms with van der Waals surface area (Å²) >= 11 is 0. The van der Waals surface area contributed by atoms with E-state index in [2.05, 4.69) is 9.88 Å². The highest BCUT2D eigenvalue weighted by Crippen LogP contribution is 2.19. The second-order valence-electron chi connectivity index (χ2n) is 8.07. The molecule has 6 nitrogen and oxygen atoms in total. The Morgan fingerprint density at radius 1 is 1.03 bits per heavy atom. The van der Waals surface area contributed by atoms with Crippen LogP contribution < -0.4 is 0 Å². The lowest BCUT2D eigenvalue weighted by molar-refractivity contribution is -0.134. The van der Waals surface area contributed by atoms with E-state index in [1.807, 2.05) is 35.4 Å². The normalized spacial score (nSPS) is 14.7. The van der Waals surface area contributed by atoms with Crippen molar-refractivity contribution in [1.29, 1.82) is 0 Å². The van der Waals surface area contributed by atoms with Crippen LogP contribution >= 0.6 is 0 Å². The summed E-state index contributed by atoms with van der Waals surface area (Å²) in [6, 6.07) is 14.2. The predicted molar refractivity (Wildman–Crippen MR) is 118 cm³/mol. The van der Waals surface area contributed by atoms with Gasteiger partial charge in [0.05, 0.1) is 13.0 Å². The SMILES string of the molecule is CN(Cc1ccc(F)cc1)C(=O)CN1CCN(C(=O)Cc2c[nH]c3ccccc23)CC1. The number of fused-ring (bicyclic) bond motifs is 1. The van der Waals surface area contributed by atoms with Gasteiger partial charge < -0.3 is 14.8 Å². The summed E-state index contributed by atoms with van der Waals surface area (Å²) in [5, 5.41) is 1.09. The third-order valence-corrected chi connectivity index (χ3v) is 5.86. The number of halogens is 1. The number of carbonyl (C=O) groups excluding carboxylic acids is 2. The van der Waals surface area contributed by atoms with Crippen molar-refractivity contribution in [3.63, 3.8) is 0 Å². The average Bonchev–Trinajstić information content (AvgIpc) is 3.18. The van der Waals surface area contributed by atoms with E-state index in [4.69, 9.17) is 0 Å². The van der Waals surface area contributed by atoms with Crippen molar-refractivity contribution in [2.45, 2.75) is 13.0 Å². The van der Waals surface area contributed by atoms with E-state index in [0.717, 1.165) is 22.0 Å². The van der Waals surface area contributed by atoms with Gasteiger partial charge in [0.25, 0.3) is 0 Å². The lowest BCUT2D eigenvalue weighted by Crippen LogP contribution is -2.51. The molecule has 3 aromatic rings. The van der Waals surface area contributed by atoms with E-state index >= 15 is 0 Å². The molecule has 1 aliphatic heterocycles. The van der Waals surface area contributed by atoms with Gasteiger partial charge in [-0.1, -0.05) is 30.3 Å². The lowest BCUT2D eigenvalue weighted by atomic mass is 10.1. The molecular formula is C24H27FN4O2. The topological polar surface area (TPSA) is 59.7 Å². The molecule has 1 aromatic heterocycles. The Kier molecular flexibility index (Phi) is 6.32. The summed E-state index contributed by atoms with van der Waals surface area (Å²) < 4.78 is 13.0. The van der Waals surface area contributed by atoms with Crippen LogP contribution in [-0.4, -0.2) is 71.3 Å². The number of para-hydroxylation sites is 1. The van der Waals surface area contributed by atoms with E-state index in [1.165, 1.54) is 12.1 Å². The minimum Gasteiger partial charge on any atom is -0.361 e. The summed E-state index contributed by atoms with van der Waals surface area (Å²) in [6.45, 7) is 3.36. The second-order valence-corrected chi connectivity index (χ2v) is 8.07. The zero-order valence-electron chi connectivity index (χ0n) is 17.7. The summed E-state index contributed by atoms with van der Waals surface area (Å²) in [4.78, 5) is 34.2. The molecule has 0 atom stereocenters. The molecule has 1 N–H and O–H groups in total. The van der Waals surface area contributed by atoms with Crippen molar-refractivity contribution in [1.82, 2.24) is 19.7 Å². The molecule has 4 rings (SSSR count). The molecule has 0 aliphatic carbocycles. The van der Waals surface area contributed by atoms with Crippen LogP contribution in [0.15, 0.2) is 54.7 Å². The Balaban J connectivity index is 1.24. The van der Waals surface area contributed by atoms with Crippen LogP contribution in [0.3, 0.4) is 0 Å². The molecule has 0 spiro atoms. The monoisotopic (exact) mass is 422 g/mol. The number of hydrogen-bond donors (Lipinski definition) is 1. The summed E-state index contributed by atoms with van der Waals surface area (Å²) in [5.74, 6) is -0.151. The number of nitrogens with zero attached hydrogens (tertiary/aromatic N) is 3. The van der Waals surface area contributed by atoms with Crippen molar-refractivity contribution in [2.75, 3.05) is 39.8 Å². The number of aromatic nitrogens is 1. The molecule has 1 aliphatic rings. The van der Waals surface area contributed by atoms with Gasteiger partial charge in [0.2, 0.25) is 11.8 Å². The predicted octanol–water partition coefficient (Wildman–Crippen LogP) is 2.65. The van der Waals surface area contributed by atoms with E-state index in [0.29, 0.717) is 45.7 Å². The van der Waals surface area contributed by atoms with Crippen LogP contribution in [0.2, 0.25) is 0 Å². The molecule has 7 heteroatoms. The van der Waals surface area contributed by atoms with E-state index < -0.39 is 0 Å². The van der Waals surface area contributed by atoms with Crippen LogP contribution in [0, 0.1) is 5.82 Å². The van der Waals surface area contributed by atoms with Crippen molar-refractivity contribution in [3.8, 4) is 0 Å². The maximum atomic E-state index is 13.0. The zero-order valence-corrected chi connectivity index (χ0v) is 17.7. The Morgan fingerprint density at radius 3 is 2.48 bits per heavy atom. The Labute approximate surface area is 181 Å². The van der Waals surface area contributed by atoms with E-state index in [9.17, 15) is 14.0 Å². The van der Waals surface area contributed by atoms with Crippen LogP contribution in [0.4, 0.5) is 4.39 Å². The first-order valence-electron chi connectivity index (χ1n) is 10.5. The number of nitrogens with one attached hydrogen (secondary N) is 1. The molecular weight excluding hydrogens is 395 g/mol. The fraction of sp³-hybridized carbons (Fsp3) is 0.333. The molecule has 162 valence electrons. The van der Waals surface area contributed by atoms with Gasteiger partial charge in [0, 0.05) is 56.9 Å². The molecule has 2 aromatic carbocycles. The van der Waals surface area contributed by atoms with E-state index in [1.54, 1.807) is 24.1 Å². The van der Waals surface area contributed by atoms with Crippen molar-refractivity contribution >= 4 is 22.7 Å². The molecule has 1 saturated heterocycles. The fourth-order valence-electron chi connectivity index (χ4n) is 3.97. The Bertz CT molecular complexity index is 1050. The minimum atomic E-state index is -0.283. The van der Waals surface area contributed by atoms with Crippen molar-refractivity contribution in [2.24, 2.45) is 0 Å². The largest absolute Gasteiger partial charge is 0.361 e. The highest BCUT2D eigenvalue weighted by molar-refractivity contribution is 5.89. The maximum absolute atomic E-state index is 13.0. The van der Waals surface area contributed by atoms with Crippen LogP contribution in [0.25, 0.3) is 10.9 Å². The number of hydrogen-bond acceptors (Lipinski definition) is 3. The molecule has 1 fully saturated rings. The molecule has 2 heterocycles. The first-order valence-corrected chi connectivity index (χ1v) is 10.5. The second kappa shape index (κ2) is 9.31. The van der Waals surface area contributed by atoms with Gasteiger partial charge in [-0.2, -0.15) is 0 Å². The molecule has 0 saturated carbocycles. The smallest absolute Gasteiger partial charge is 0.236 e. The molecule has 2 amide bonds. The minimum absolute atomic E-state index is 0.0166. The summed E-state index contributed by atoms with van der Waals surface area (Å²) in [7, 11) is 1.76. The number of likely N-dealkylation sites (N-methyl/N-ethyl adjacent to an activating group) is 1.